The average molecular weight is 312 g/mol. The molecular formula is C21H16N2O. The zero-order valence-corrected chi connectivity index (χ0v) is 13.1. The Morgan fingerprint density at radius 3 is 2.54 bits per heavy atom. The average Bonchev–Trinajstić information content (AvgIpc) is 2.67. The number of fused-ring (bicyclic) bond motifs is 1. The molecule has 0 N–H and O–H groups in total. The third-order valence-corrected chi connectivity index (χ3v) is 3.96. The summed E-state index contributed by atoms with van der Waals surface area (Å²) >= 11 is 0. The van der Waals surface area contributed by atoms with Gasteiger partial charge in [0.05, 0.1) is 5.69 Å². The van der Waals surface area contributed by atoms with Crippen LogP contribution in [0, 0.1) is 0 Å². The monoisotopic (exact) mass is 312 g/mol. The molecule has 0 unspecified atom stereocenters. The Labute approximate surface area is 140 Å². The maximum Gasteiger partial charge on any atom is 0.130 e. The van der Waals surface area contributed by atoms with Crippen molar-refractivity contribution >= 4 is 10.8 Å². The van der Waals surface area contributed by atoms with E-state index in [2.05, 4.69) is 40.3 Å². The number of ether oxygens (including phenoxy) is 1. The molecule has 116 valence electrons. The summed E-state index contributed by atoms with van der Waals surface area (Å²) in [5, 5.41) is 2.35. The fourth-order valence-corrected chi connectivity index (χ4v) is 2.74. The lowest BCUT2D eigenvalue weighted by atomic mass is 10.00. The SMILES string of the molecule is c1ccc(COc2ccc(-c3cccc4ccncc34)cc2)nc1. The molecule has 0 bridgehead atoms. The Morgan fingerprint density at radius 1 is 0.792 bits per heavy atom. The van der Waals surface area contributed by atoms with Gasteiger partial charge in [0, 0.05) is 24.0 Å². The number of hydrogen-bond donors (Lipinski definition) is 0. The Balaban J connectivity index is 1.57. The predicted molar refractivity (Wildman–Crippen MR) is 95.7 cm³/mol. The van der Waals surface area contributed by atoms with E-state index >= 15 is 0 Å². The van der Waals surface area contributed by atoms with Crippen LogP contribution in [0.15, 0.2) is 85.3 Å². The third-order valence-electron chi connectivity index (χ3n) is 3.96. The molecule has 2 aromatic carbocycles. The highest BCUT2D eigenvalue weighted by molar-refractivity contribution is 5.95. The van der Waals surface area contributed by atoms with Crippen molar-refractivity contribution in [3.63, 3.8) is 0 Å². The first kappa shape index (κ1) is 14.4. The highest BCUT2D eigenvalue weighted by Gasteiger charge is 2.04. The van der Waals surface area contributed by atoms with Gasteiger partial charge < -0.3 is 4.74 Å². The minimum atomic E-state index is 0.471. The second-order valence-electron chi connectivity index (χ2n) is 5.54. The lowest BCUT2D eigenvalue weighted by Crippen LogP contribution is -1.97. The summed E-state index contributed by atoms with van der Waals surface area (Å²) in [5.41, 5.74) is 3.25. The van der Waals surface area contributed by atoms with E-state index in [0.717, 1.165) is 22.4 Å². The van der Waals surface area contributed by atoms with Crippen LogP contribution in [-0.2, 0) is 6.61 Å². The van der Waals surface area contributed by atoms with Crippen LogP contribution in [0.2, 0.25) is 0 Å². The molecule has 3 heteroatoms. The summed E-state index contributed by atoms with van der Waals surface area (Å²) in [7, 11) is 0. The number of hydrogen-bond acceptors (Lipinski definition) is 3. The van der Waals surface area contributed by atoms with Gasteiger partial charge in [-0.3, -0.25) is 9.97 Å². The van der Waals surface area contributed by atoms with Gasteiger partial charge in [-0.15, -0.1) is 0 Å². The second kappa shape index (κ2) is 6.50. The second-order valence-corrected chi connectivity index (χ2v) is 5.54. The molecule has 0 spiro atoms. The first-order valence-electron chi connectivity index (χ1n) is 7.86. The van der Waals surface area contributed by atoms with Gasteiger partial charge in [0.1, 0.15) is 12.4 Å². The zero-order valence-electron chi connectivity index (χ0n) is 13.1. The van der Waals surface area contributed by atoms with E-state index in [1.54, 1.807) is 6.20 Å². The topological polar surface area (TPSA) is 35.0 Å². The molecule has 0 saturated carbocycles. The molecule has 4 aromatic rings. The molecule has 4 rings (SSSR count). The summed E-state index contributed by atoms with van der Waals surface area (Å²) < 4.78 is 5.80. The van der Waals surface area contributed by atoms with Gasteiger partial charge in [-0.2, -0.15) is 0 Å². The molecule has 0 radical (unpaired) electrons. The maximum absolute atomic E-state index is 5.80. The summed E-state index contributed by atoms with van der Waals surface area (Å²) in [5.74, 6) is 0.836. The summed E-state index contributed by atoms with van der Waals surface area (Å²) in [6, 6.07) is 22.3. The van der Waals surface area contributed by atoms with E-state index in [4.69, 9.17) is 4.74 Å². The number of pyridine rings is 2. The van der Waals surface area contributed by atoms with Crippen LogP contribution in [0.25, 0.3) is 21.9 Å². The molecule has 24 heavy (non-hydrogen) atoms. The summed E-state index contributed by atoms with van der Waals surface area (Å²) in [6.07, 6.45) is 5.51. The Bertz CT molecular complexity index is 945. The molecule has 3 nitrogen and oxygen atoms in total. The quantitative estimate of drug-likeness (QED) is 0.539. The van der Waals surface area contributed by atoms with E-state index in [9.17, 15) is 0 Å². The van der Waals surface area contributed by atoms with Crippen molar-refractivity contribution in [2.75, 3.05) is 0 Å². The molecule has 0 aliphatic carbocycles. The minimum Gasteiger partial charge on any atom is -0.487 e. The van der Waals surface area contributed by atoms with E-state index in [1.165, 1.54) is 10.9 Å². The van der Waals surface area contributed by atoms with Crippen LogP contribution in [0.1, 0.15) is 5.69 Å². The van der Waals surface area contributed by atoms with E-state index in [1.807, 2.05) is 48.8 Å². The van der Waals surface area contributed by atoms with Crippen LogP contribution in [-0.4, -0.2) is 9.97 Å². The third kappa shape index (κ3) is 2.97. The lowest BCUT2D eigenvalue weighted by molar-refractivity contribution is 0.301. The Hall–Kier alpha value is -3.20. The standard InChI is InChI=1S/C21H16N2O/c1-2-12-23-18(5-1)15-24-19-9-7-17(8-10-19)20-6-3-4-16-11-13-22-14-21(16)20/h1-14H,15H2. The van der Waals surface area contributed by atoms with Crippen molar-refractivity contribution in [3.05, 3.63) is 91.0 Å². The van der Waals surface area contributed by atoms with E-state index in [-0.39, 0.29) is 0 Å². The smallest absolute Gasteiger partial charge is 0.130 e. The van der Waals surface area contributed by atoms with Crippen molar-refractivity contribution in [2.45, 2.75) is 6.61 Å². The van der Waals surface area contributed by atoms with Crippen LogP contribution in [0.5, 0.6) is 5.75 Å². The van der Waals surface area contributed by atoms with Gasteiger partial charge in [0.2, 0.25) is 0 Å². The van der Waals surface area contributed by atoms with E-state index in [0.29, 0.717) is 6.61 Å². The molecule has 2 heterocycles. The van der Waals surface area contributed by atoms with Crippen molar-refractivity contribution in [1.82, 2.24) is 9.97 Å². The number of benzene rings is 2. The zero-order chi connectivity index (χ0) is 16.2. The lowest BCUT2D eigenvalue weighted by Gasteiger charge is -2.09. The highest BCUT2D eigenvalue weighted by atomic mass is 16.5. The van der Waals surface area contributed by atoms with Gasteiger partial charge in [0.25, 0.3) is 0 Å². The van der Waals surface area contributed by atoms with Gasteiger partial charge in [-0.1, -0.05) is 36.4 Å². The van der Waals surface area contributed by atoms with Crippen molar-refractivity contribution in [1.29, 1.82) is 0 Å². The highest BCUT2D eigenvalue weighted by Crippen LogP contribution is 2.29. The number of nitrogens with zero attached hydrogens (tertiary/aromatic N) is 2. The molecular weight excluding hydrogens is 296 g/mol. The van der Waals surface area contributed by atoms with Crippen LogP contribution in [0.4, 0.5) is 0 Å². The Morgan fingerprint density at radius 2 is 1.71 bits per heavy atom. The summed E-state index contributed by atoms with van der Waals surface area (Å²) in [6.45, 7) is 0.471. The maximum atomic E-state index is 5.80. The molecule has 0 saturated heterocycles. The van der Waals surface area contributed by atoms with Gasteiger partial charge in [-0.25, -0.2) is 0 Å². The summed E-state index contributed by atoms with van der Waals surface area (Å²) in [4.78, 5) is 8.51. The van der Waals surface area contributed by atoms with Crippen LogP contribution >= 0.6 is 0 Å². The molecule has 0 amide bonds. The Kier molecular flexibility index (Phi) is 3.90. The van der Waals surface area contributed by atoms with Crippen molar-refractivity contribution in [2.24, 2.45) is 0 Å². The van der Waals surface area contributed by atoms with Crippen molar-refractivity contribution in [3.8, 4) is 16.9 Å². The predicted octanol–water partition coefficient (Wildman–Crippen LogP) is 4.88. The normalized spacial score (nSPS) is 10.7. The largest absolute Gasteiger partial charge is 0.487 e. The van der Waals surface area contributed by atoms with E-state index < -0.39 is 0 Å². The van der Waals surface area contributed by atoms with Gasteiger partial charge >= 0.3 is 0 Å². The molecule has 0 fully saturated rings. The molecule has 0 aliphatic heterocycles. The first-order chi connectivity index (χ1) is 11.9. The van der Waals surface area contributed by atoms with Gasteiger partial charge in [-0.05, 0) is 46.8 Å². The first-order valence-corrected chi connectivity index (χ1v) is 7.86. The van der Waals surface area contributed by atoms with Gasteiger partial charge in [0.15, 0.2) is 0 Å². The van der Waals surface area contributed by atoms with Crippen molar-refractivity contribution < 1.29 is 4.74 Å². The number of rotatable bonds is 4. The van der Waals surface area contributed by atoms with Crippen LogP contribution < -0.4 is 4.74 Å². The fraction of sp³-hybridized carbons (Fsp3) is 0.0476. The molecule has 0 atom stereocenters. The molecule has 2 aromatic heterocycles. The fourth-order valence-electron chi connectivity index (χ4n) is 2.74. The number of aromatic nitrogens is 2. The molecule has 0 aliphatic rings. The minimum absolute atomic E-state index is 0.471. The van der Waals surface area contributed by atoms with Crippen LogP contribution in [0.3, 0.4) is 0 Å².